The summed E-state index contributed by atoms with van der Waals surface area (Å²) in [5.74, 6) is 0.401. The van der Waals surface area contributed by atoms with Gasteiger partial charge in [-0.2, -0.15) is 8.42 Å². The predicted octanol–water partition coefficient (Wildman–Crippen LogP) is 4.31. The summed E-state index contributed by atoms with van der Waals surface area (Å²) in [6.07, 6.45) is 5.61. The summed E-state index contributed by atoms with van der Waals surface area (Å²) in [5.41, 5.74) is 0.564. The molecule has 0 bridgehead atoms. The average molecular weight is 601 g/mol. The molecular formula is C30H37ClN4O5S. The van der Waals surface area contributed by atoms with Crippen molar-refractivity contribution in [1.29, 1.82) is 0 Å². The molecule has 0 spiro atoms. The number of unbranched alkanes of at least 4 members (excludes halogenated alkanes) is 1. The van der Waals surface area contributed by atoms with Crippen LogP contribution in [0.1, 0.15) is 42.5 Å². The van der Waals surface area contributed by atoms with E-state index in [2.05, 4.69) is 16.0 Å². The third-order valence-corrected chi connectivity index (χ3v) is 8.35. The standard InChI is InChI=1S/C30H36N4O5S.ClH/c35-29(32-20-8-7-9-24-18-21-31-22-19-24)23-33-30(36)25-14-16-28(17-15-25)40(37,38)34(26-10-3-1-4-11-26)39-27-12-5-2-6-13-27;/h1-6,10-17,24,31H,7-9,18-23H2,(H,32,35)(H,33,36);1H. The SMILES string of the molecule is Cl.O=C(CNC(=O)c1ccc(S(=O)(=O)N(Oc2ccccc2)c2ccccc2)cc1)NCCCCC1CCNCC1. The molecule has 0 saturated carbocycles. The third kappa shape index (κ3) is 9.48. The van der Waals surface area contributed by atoms with Gasteiger partial charge in [-0.3, -0.25) is 9.59 Å². The normalized spacial score (nSPS) is 13.5. The highest BCUT2D eigenvalue weighted by Crippen LogP contribution is 2.26. The van der Waals surface area contributed by atoms with Crippen molar-refractivity contribution >= 4 is 39.9 Å². The molecule has 11 heteroatoms. The van der Waals surface area contributed by atoms with Crippen LogP contribution in [-0.4, -0.2) is 46.4 Å². The fourth-order valence-electron chi connectivity index (χ4n) is 4.52. The molecule has 3 aromatic rings. The van der Waals surface area contributed by atoms with Gasteiger partial charge in [0.15, 0.2) is 5.75 Å². The van der Waals surface area contributed by atoms with E-state index < -0.39 is 15.9 Å². The lowest BCUT2D eigenvalue weighted by Crippen LogP contribution is -2.37. The molecule has 1 aliphatic heterocycles. The lowest BCUT2D eigenvalue weighted by atomic mass is 9.92. The number of piperidine rings is 1. The van der Waals surface area contributed by atoms with Crippen molar-refractivity contribution in [3.05, 3.63) is 90.5 Å². The first kappa shape index (κ1) is 31.9. The zero-order chi connectivity index (χ0) is 28.2. The van der Waals surface area contributed by atoms with E-state index in [1.54, 1.807) is 60.7 Å². The molecule has 1 fully saturated rings. The smallest absolute Gasteiger partial charge is 0.295 e. The molecule has 4 rings (SSSR count). The van der Waals surface area contributed by atoms with E-state index in [0.717, 1.165) is 36.3 Å². The first-order valence-corrected chi connectivity index (χ1v) is 15.1. The molecule has 1 aliphatic rings. The molecule has 2 amide bonds. The first-order chi connectivity index (χ1) is 19.4. The summed E-state index contributed by atoms with van der Waals surface area (Å²) in [5, 5.41) is 8.80. The van der Waals surface area contributed by atoms with Crippen LogP contribution < -0.4 is 25.3 Å². The van der Waals surface area contributed by atoms with Crippen molar-refractivity contribution in [1.82, 2.24) is 16.0 Å². The highest BCUT2D eigenvalue weighted by Gasteiger charge is 2.28. The van der Waals surface area contributed by atoms with E-state index in [-0.39, 0.29) is 35.3 Å². The number of anilines is 1. The highest BCUT2D eigenvalue weighted by molar-refractivity contribution is 7.92. The monoisotopic (exact) mass is 600 g/mol. The Morgan fingerprint density at radius 3 is 2.15 bits per heavy atom. The summed E-state index contributed by atoms with van der Waals surface area (Å²) in [4.78, 5) is 30.4. The van der Waals surface area contributed by atoms with Crippen molar-refractivity contribution in [3.63, 3.8) is 0 Å². The summed E-state index contributed by atoms with van der Waals surface area (Å²) >= 11 is 0. The number of hydrogen-bond acceptors (Lipinski definition) is 6. The van der Waals surface area contributed by atoms with Crippen molar-refractivity contribution in [2.75, 3.05) is 30.6 Å². The molecule has 9 nitrogen and oxygen atoms in total. The molecule has 0 atom stereocenters. The molecule has 0 aliphatic carbocycles. The molecular weight excluding hydrogens is 564 g/mol. The fraction of sp³-hybridized carbons (Fsp3) is 0.333. The van der Waals surface area contributed by atoms with Crippen LogP contribution in [0.25, 0.3) is 0 Å². The number of nitrogens with one attached hydrogen (secondary N) is 3. The van der Waals surface area contributed by atoms with E-state index in [1.165, 1.54) is 43.5 Å². The van der Waals surface area contributed by atoms with Crippen LogP contribution in [0.3, 0.4) is 0 Å². The zero-order valence-electron chi connectivity index (χ0n) is 22.8. The second-order valence-electron chi connectivity index (χ2n) is 9.72. The minimum atomic E-state index is -4.13. The number of amides is 2. The van der Waals surface area contributed by atoms with Crippen molar-refractivity contribution in [2.45, 2.75) is 37.0 Å². The first-order valence-electron chi connectivity index (χ1n) is 13.6. The Bertz CT molecular complexity index is 1340. The van der Waals surface area contributed by atoms with Gasteiger partial charge < -0.3 is 20.8 Å². The number of benzene rings is 3. The van der Waals surface area contributed by atoms with Crippen LogP contribution in [0.5, 0.6) is 5.75 Å². The van der Waals surface area contributed by atoms with Crippen LogP contribution in [0.2, 0.25) is 0 Å². The summed E-state index contributed by atoms with van der Waals surface area (Å²) < 4.78 is 27.9. The van der Waals surface area contributed by atoms with E-state index >= 15 is 0 Å². The zero-order valence-corrected chi connectivity index (χ0v) is 24.5. The van der Waals surface area contributed by atoms with Crippen molar-refractivity contribution < 1.29 is 22.8 Å². The minimum absolute atomic E-state index is 0. The Hall–Kier alpha value is -3.60. The Kier molecular flexibility index (Phi) is 12.5. The maximum Gasteiger partial charge on any atom is 0.295 e. The lowest BCUT2D eigenvalue weighted by Gasteiger charge is -2.24. The summed E-state index contributed by atoms with van der Waals surface area (Å²) in [6.45, 7) is 2.61. The van der Waals surface area contributed by atoms with Gasteiger partial charge in [-0.05, 0) is 86.8 Å². The summed E-state index contributed by atoms with van der Waals surface area (Å²) in [6, 6.07) is 22.6. The van der Waals surface area contributed by atoms with Crippen LogP contribution in [-0.2, 0) is 14.8 Å². The molecule has 41 heavy (non-hydrogen) atoms. The van der Waals surface area contributed by atoms with Gasteiger partial charge in [0.05, 0.1) is 17.1 Å². The van der Waals surface area contributed by atoms with Crippen molar-refractivity contribution in [3.8, 4) is 5.75 Å². The molecule has 3 aromatic carbocycles. The van der Waals surface area contributed by atoms with Crippen LogP contribution in [0.4, 0.5) is 5.69 Å². The largest absolute Gasteiger partial charge is 0.364 e. The third-order valence-electron chi connectivity index (χ3n) is 6.76. The maximum atomic E-state index is 13.5. The van der Waals surface area contributed by atoms with Crippen LogP contribution in [0.15, 0.2) is 89.8 Å². The van der Waals surface area contributed by atoms with Gasteiger partial charge in [0.1, 0.15) is 0 Å². The topological polar surface area (TPSA) is 117 Å². The maximum absolute atomic E-state index is 13.5. The number of rotatable bonds is 13. The van der Waals surface area contributed by atoms with Crippen LogP contribution in [0, 0.1) is 5.92 Å². The quantitative estimate of drug-likeness (QED) is 0.199. The number of para-hydroxylation sites is 2. The number of carbonyl (C=O) groups is 2. The molecule has 0 radical (unpaired) electrons. The van der Waals surface area contributed by atoms with E-state index in [4.69, 9.17) is 4.84 Å². The van der Waals surface area contributed by atoms with E-state index in [9.17, 15) is 18.0 Å². The second kappa shape index (κ2) is 16.0. The predicted molar refractivity (Wildman–Crippen MR) is 162 cm³/mol. The highest BCUT2D eigenvalue weighted by atomic mass is 35.5. The van der Waals surface area contributed by atoms with Crippen LogP contribution >= 0.6 is 12.4 Å². The van der Waals surface area contributed by atoms with Gasteiger partial charge in [0, 0.05) is 12.1 Å². The van der Waals surface area contributed by atoms with Gasteiger partial charge in [0.25, 0.3) is 15.9 Å². The minimum Gasteiger partial charge on any atom is -0.364 e. The summed E-state index contributed by atoms with van der Waals surface area (Å²) in [7, 11) is -4.13. The Morgan fingerprint density at radius 2 is 1.49 bits per heavy atom. The van der Waals surface area contributed by atoms with Gasteiger partial charge >= 0.3 is 0 Å². The van der Waals surface area contributed by atoms with Gasteiger partial charge in [-0.25, -0.2) is 0 Å². The molecule has 0 unspecified atom stereocenters. The fourth-order valence-corrected chi connectivity index (χ4v) is 5.78. The molecule has 1 heterocycles. The molecule has 1 saturated heterocycles. The molecule has 220 valence electrons. The van der Waals surface area contributed by atoms with Crippen molar-refractivity contribution in [2.24, 2.45) is 5.92 Å². The number of sulfonamides is 1. The Balaban J connectivity index is 0.00000462. The van der Waals surface area contributed by atoms with Gasteiger partial charge in [-0.1, -0.05) is 53.7 Å². The lowest BCUT2D eigenvalue weighted by molar-refractivity contribution is -0.120. The Morgan fingerprint density at radius 1 is 0.854 bits per heavy atom. The number of carbonyl (C=O) groups excluding carboxylic acids is 2. The average Bonchev–Trinajstić information content (AvgIpc) is 3.00. The van der Waals surface area contributed by atoms with Gasteiger partial charge in [0.2, 0.25) is 5.91 Å². The number of nitrogens with zero attached hydrogens (tertiary/aromatic N) is 1. The van der Waals surface area contributed by atoms with Gasteiger partial charge in [-0.15, -0.1) is 12.4 Å². The van der Waals surface area contributed by atoms with E-state index in [0.29, 0.717) is 18.0 Å². The number of halogens is 1. The second-order valence-corrected chi connectivity index (χ2v) is 11.5. The van der Waals surface area contributed by atoms with E-state index in [1.807, 2.05) is 0 Å². The Labute approximate surface area is 248 Å². The molecule has 3 N–H and O–H groups in total. The molecule has 0 aromatic heterocycles. The number of hydrogen-bond donors (Lipinski definition) is 3.